The Morgan fingerprint density at radius 1 is 0.482 bits per heavy atom. The second kappa shape index (κ2) is 29.1. The van der Waals surface area contributed by atoms with Gasteiger partial charge in [-0.2, -0.15) is 70.2 Å². The molecule has 83 heavy (non-hydrogen) atoms. The van der Waals surface area contributed by atoms with E-state index in [1.54, 1.807) is 12.1 Å². The topological polar surface area (TPSA) is 101 Å². The van der Waals surface area contributed by atoms with Gasteiger partial charge in [0, 0.05) is 70.5 Å². The van der Waals surface area contributed by atoms with E-state index in [1.807, 2.05) is 49.4 Å². The van der Waals surface area contributed by atoms with E-state index in [-0.39, 0.29) is 16.1 Å². The van der Waals surface area contributed by atoms with Crippen molar-refractivity contribution in [2.24, 2.45) is 0 Å². The van der Waals surface area contributed by atoms with Gasteiger partial charge in [-0.05, 0) is 109 Å². The summed E-state index contributed by atoms with van der Waals surface area (Å²) >= 11 is 7.21. The minimum absolute atomic E-state index is 0.0878. The molecule has 0 unspecified atom stereocenters. The lowest BCUT2D eigenvalue weighted by molar-refractivity contribution is -0.367. The van der Waals surface area contributed by atoms with Gasteiger partial charge in [-0.1, -0.05) is 104 Å². The third kappa shape index (κ3) is 16.6. The fraction of sp³-hybridized carbons (Fsp3) is 0.483. The van der Waals surface area contributed by atoms with Crippen molar-refractivity contribution in [3.63, 3.8) is 0 Å². The Morgan fingerprint density at radius 3 is 1.25 bits per heavy atom. The number of aliphatic hydroxyl groups excluding tert-OH is 2. The van der Waals surface area contributed by atoms with Crippen molar-refractivity contribution >= 4 is 62.3 Å². The number of fused-ring (bicyclic) bond motifs is 2. The van der Waals surface area contributed by atoms with E-state index < -0.39 is 103 Å². The van der Waals surface area contributed by atoms with E-state index in [0.29, 0.717) is 39.4 Å². The molecule has 0 amide bonds. The van der Waals surface area contributed by atoms with Crippen LogP contribution < -0.4 is 11.3 Å². The number of unbranched alkanes of at least 4 members (excludes halogenated alkanes) is 4. The molecule has 0 spiro atoms. The predicted octanol–water partition coefficient (Wildman–Crippen LogP) is 18.4. The molecule has 0 atom stereocenters. The number of thiol groups is 1. The Morgan fingerprint density at radius 2 is 0.867 bits per heavy atom. The van der Waals surface area contributed by atoms with Crippen LogP contribution in [-0.2, 0) is 12.8 Å². The van der Waals surface area contributed by atoms with Gasteiger partial charge in [-0.3, -0.25) is 0 Å². The highest BCUT2D eigenvalue weighted by molar-refractivity contribution is 9.09. The summed E-state index contributed by atoms with van der Waals surface area (Å²) in [6.07, 6.45) is 1.25. The molecule has 2 aromatic heterocycles. The highest BCUT2D eigenvalue weighted by atomic mass is 79.9. The van der Waals surface area contributed by atoms with Gasteiger partial charge in [-0.15, -0.1) is 24.4 Å². The Labute approximate surface area is 486 Å². The van der Waals surface area contributed by atoms with Crippen molar-refractivity contribution in [1.29, 1.82) is 0 Å². The first kappa shape index (κ1) is 70.8. The van der Waals surface area contributed by atoms with E-state index in [4.69, 9.17) is 19.0 Å². The van der Waals surface area contributed by atoms with Crippen LogP contribution in [0.2, 0.25) is 0 Å². The molecule has 0 fully saturated rings. The summed E-state index contributed by atoms with van der Waals surface area (Å²) in [7, 11) is 0. The summed E-state index contributed by atoms with van der Waals surface area (Å²) in [4.78, 5) is 26.2. The van der Waals surface area contributed by atoms with Gasteiger partial charge in [0.2, 0.25) is 0 Å². The number of hydrogen-bond donors (Lipinski definition) is 3. The summed E-state index contributed by atoms with van der Waals surface area (Å²) in [5.41, 5.74) is 6.74. The first-order valence-electron chi connectivity index (χ1n) is 26.0. The van der Waals surface area contributed by atoms with E-state index in [2.05, 4.69) is 61.5 Å². The van der Waals surface area contributed by atoms with Gasteiger partial charge in [0.05, 0.1) is 11.1 Å². The van der Waals surface area contributed by atoms with Gasteiger partial charge in [0.1, 0.15) is 11.2 Å². The average Bonchev–Trinajstić information content (AvgIpc) is 2.98. The monoisotopic (exact) mass is 1300 g/mol. The van der Waals surface area contributed by atoms with E-state index in [0.717, 1.165) is 64.6 Å². The first-order chi connectivity index (χ1) is 38.5. The molecule has 460 valence electrons. The molecule has 2 heterocycles. The maximum absolute atomic E-state index is 14.1. The smallest absolute Gasteiger partial charge is 0.378 e. The summed E-state index contributed by atoms with van der Waals surface area (Å²) in [5.74, 6) is -47.9. The molecule has 0 saturated carbocycles. The highest BCUT2D eigenvalue weighted by Gasteiger charge is 2.80. The molecular formula is C58H61BrF16O6S2. The summed E-state index contributed by atoms with van der Waals surface area (Å²) < 4.78 is 224. The van der Waals surface area contributed by atoms with Crippen LogP contribution in [0.4, 0.5) is 70.2 Å². The number of halogens is 17. The highest BCUT2D eigenvalue weighted by Crippen LogP contribution is 2.56. The second-order valence-electron chi connectivity index (χ2n) is 19.6. The van der Waals surface area contributed by atoms with Gasteiger partial charge < -0.3 is 19.0 Å². The summed E-state index contributed by atoms with van der Waals surface area (Å²) in [6, 6.07) is 25.6. The Balaban J connectivity index is 0.000000297. The zero-order valence-corrected chi connectivity index (χ0v) is 48.5. The molecule has 6 aromatic rings. The van der Waals surface area contributed by atoms with Crippen molar-refractivity contribution in [3.05, 3.63) is 128 Å². The third-order valence-electron chi connectivity index (χ3n) is 13.3. The average molecular weight is 1300 g/mol. The normalized spacial score (nSPS) is 13.0. The zero-order valence-electron chi connectivity index (χ0n) is 45.2. The van der Waals surface area contributed by atoms with Crippen LogP contribution in [-0.4, -0.2) is 81.9 Å². The second-order valence-corrected chi connectivity index (χ2v) is 22.1. The summed E-state index contributed by atoms with van der Waals surface area (Å²) in [5, 5.41) is 17.2. The first-order valence-corrected chi connectivity index (χ1v) is 28.6. The minimum atomic E-state index is -6.39. The molecule has 2 N–H and O–H groups in total. The lowest BCUT2D eigenvalue weighted by Crippen LogP contribution is -2.62. The lowest BCUT2D eigenvalue weighted by atomic mass is 9.95. The largest absolute Gasteiger partial charge is 0.422 e. The van der Waals surface area contributed by atoms with Crippen molar-refractivity contribution in [1.82, 2.24) is 0 Å². The quantitative estimate of drug-likeness (QED) is 0.0124. The fourth-order valence-electron chi connectivity index (χ4n) is 8.43. The lowest BCUT2D eigenvalue weighted by Gasteiger charge is -2.36. The third-order valence-corrected chi connectivity index (χ3v) is 15.0. The molecule has 6 nitrogen and oxygen atoms in total. The van der Waals surface area contributed by atoms with E-state index in [9.17, 15) is 79.8 Å². The number of benzene rings is 4. The van der Waals surface area contributed by atoms with Crippen LogP contribution in [0, 0.1) is 13.8 Å². The van der Waals surface area contributed by atoms with Crippen molar-refractivity contribution < 1.29 is 89.3 Å². The van der Waals surface area contributed by atoms with Crippen LogP contribution in [0.25, 0.3) is 44.2 Å². The SMILES string of the molecule is CCCCCc1ccc(-c2cc3ccc(S)cc3oc2=O)c(C)c1.CCCCCc1ccc(-c2cc3ccc(SCCC(F)(F)C(F)(F)C(F)(F)C(F)(F)CCO)cc3oc2=O)c(C)c1.OCCC(F)(F)C(F)(F)C(F)(F)C(F)(F)CCBr. The molecule has 0 saturated heterocycles. The summed E-state index contributed by atoms with van der Waals surface area (Å²) in [6.45, 7) is 5.13. The van der Waals surface area contributed by atoms with Crippen molar-refractivity contribution in [2.75, 3.05) is 24.3 Å². The van der Waals surface area contributed by atoms with Crippen LogP contribution in [0.3, 0.4) is 0 Å². The molecule has 0 aliphatic heterocycles. The van der Waals surface area contributed by atoms with Crippen molar-refractivity contribution in [2.45, 2.75) is 162 Å². The number of thioether (sulfide) groups is 1. The molecular weight excluding hydrogens is 1240 g/mol. The predicted molar refractivity (Wildman–Crippen MR) is 296 cm³/mol. The number of alkyl halides is 17. The molecule has 25 heteroatoms. The molecule has 0 bridgehead atoms. The maximum atomic E-state index is 14.1. The Hall–Kier alpha value is -4.72. The Kier molecular flexibility index (Phi) is 24.8. The minimum Gasteiger partial charge on any atom is -0.422 e. The number of hydrogen-bond acceptors (Lipinski definition) is 8. The molecule has 0 aliphatic rings. The van der Waals surface area contributed by atoms with Gasteiger partial charge in [0.25, 0.3) is 0 Å². The number of aliphatic hydroxyl groups is 2. The van der Waals surface area contributed by atoms with Gasteiger partial charge in [0.15, 0.2) is 0 Å². The number of aryl methyl sites for hydroxylation is 4. The van der Waals surface area contributed by atoms with Gasteiger partial charge in [-0.25, -0.2) is 9.59 Å². The van der Waals surface area contributed by atoms with Crippen LogP contribution in [0.15, 0.2) is 113 Å². The van der Waals surface area contributed by atoms with Gasteiger partial charge >= 0.3 is 58.6 Å². The molecule has 0 aliphatic carbocycles. The fourth-order valence-corrected chi connectivity index (χ4v) is 10.1. The molecule has 0 radical (unpaired) electrons. The zero-order chi connectivity index (χ0) is 62.6. The Bertz CT molecular complexity index is 3200. The van der Waals surface area contributed by atoms with Crippen LogP contribution in [0.5, 0.6) is 0 Å². The van der Waals surface area contributed by atoms with E-state index >= 15 is 0 Å². The van der Waals surface area contributed by atoms with Crippen molar-refractivity contribution in [3.8, 4) is 22.3 Å². The van der Waals surface area contributed by atoms with E-state index in [1.165, 1.54) is 43.0 Å². The number of rotatable bonds is 26. The maximum Gasteiger partial charge on any atom is 0.378 e. The van der Waals surface area contributed by atoms with Crippen LogP contribution in [0.1, 0.15) is 100 Å². The van der Waals surface area contributed by atoms with Crippen LogP contribution >= 0.6 is 40.3 Å². The standard InChI is InChI=1S/C29H30F8O3S.C21H22O2S.C8H9BrF8O/c1-3-4-5-6-19-7-10-22(18(2)15-19)23-16-20-8-9-21(17-24(20)40-25(23)39)41-14-12-27(32,33)29(36,37)28(34,35)26(30,31)11-13-38;1-3-4-5-6-15-7-10-18(14(2)11-15)19-12-16-8-9-17(24)13-20(16)23-21(19)22;9-3-1-5(10,11)7(14,15)8(16,17)6(12,13)2-4-18/h7-10,15-17,38H,3-6,11-14H2,1-2H3;7-13,24H,3-6H2,1-2H3;18H,1-4H2. The molecule has 6 rings (SSSR count). The molecule has 4 aromatic carbocycles.